The lowest BCUT2D eigenvalue weighted by Gasteiger charge is -2.17. The first-order chi connectivity index (χ1) is 8.02. The first kappa shape index (κ1) is 14.5. The highest BCUT2D eigenvalue weighted by Crippen LogP contribution is 2.21. The first-order valence-electron chi connectivity index (χ1n) is 5.58. The molecule has 0 amide bonds. The van der Waals surface area contributed by atoms with Crippen LogP contribution in [0.25, 0.3) is 0 Å². The van der Waals surface area contributed by atoms with Crippen LogP contribution in [0.5, 0.6) is 0 Å². The molecular formula is C12H18ClNO2S. The maximum absolute atomic E-state index is 11.6. The van der Waals surface area contributed by atoms with Crippen LogP contribution in [0.4, 0.5) is 0 Å². The van der Waals surface area contributed by atoms with E-state index in [9.17, 15) is 4.79 Å². The lowest BCUT2D eigenvalue weighted by Crippen LogP contribution is -2.38. The number of esters is 1. The Morgan fingerprint density at radius 1 is 1.53 bits per heavy atom. The van der Waals surface area contributed by atoms with Gasteiger partial charge >= 0.3 is 5.97 Å². The van der Waals surface area contributed by atoms with E-state index < -0.39 is 0 Å². The van der Waals surface area contributed by atoms with Crippen LogP contribution in [-0.4, -0.2) is 19.1 Å². The molecule has 0 fully saturated rings. The van der Waals surface area contributed by atoms with Crippen LogP contribution in [0.1, 0.15) is 25.1 Å². The summed E-state index contributed by atoms with van der Waals surface area (Å²) in [7, 11) is 1.42. The molecule has 0 bridgehead atoms. The second kappa shape index (κ2) is 6.99. The zero-order chi connectivity index (χ0) is 12.8. The highest BCUT2D eigenvalue weighted by Gasteiger charge is 2.19. The number of hydrogen-bond donors (Lipinski definition) is 1. The standard InChI is InChI=1S/C12H18ClNO2S/c1-8(2)6-10(12(15)16-3)14-7-9-4-5-11(13)17-9/h4-5,8,10,14H,6-7H2,1-3H3. The van der Waals surface area contributed by atoms with E-state index >= 15 is 0 Å². The molecule has 5 heteroatoms. The van der Waals surface area contributed by atoms with Crippen molar-refractivity contribution in [2.75, 3.05) is 7.11 Å². The third-order valence-electron chi connectivity index (χ3n) is 2.34. The minimum Gasteiger partial charge on any atom is -0.468 e. The number of carbonyl (C=O) groups excluding carboxylic acids is 1. The number of rotatable bonds is 6. The first-order valence-corrected chi connectivity index (χ1v) is 6.77. The van der Waals surface area contributed by atoms with Crippen molar-refractivity contribution in [2.24, 2.45) is 5.92 Å². The van der Waals surface area contributed by atoms with Crippen molar-refractivity contribution in [3.8, 4) is 0 Å². The second-order valence-corrected chi connectivity index (χ2v) is 6.09. The Morgan fingerprint density at radius 3 is 2.71 bits per heavy atom. The van der Waals surface area contributed by atoms with Crippen molar-refractivity contribution >= 4 is 28.9 Å². The Hall–Kier alpha value is -0.580. The van der Waals surface area contributed by atoms with Gasteiger partial charge in [-0.25, -0.2) is 0 Å². The van der Waals surface area contributed by atoms with Gasteiger partial charge in [-0.3, -0.25) is 10.1 Å². The van der Waals surface area contributed by atoms with Crippen LogP contribution >= 0.6 is 22.9 Å². The molecule has 0 aromatic carbocycles. The summed E-state index contributed by atoms with van der Waals surface area (Å²) in [6, 6.07) is 3.57. The average molecular weight is 276 g/mol. The van der Waals surface area contributed by atoms with Crippen LogP contribution in [-0.2, 0) is 16.1 Å². The second-order valence-electron chi connectivity index (χ2n) is 4.29. The molecule has 1 unspecified atom stereocenters. The fraction of sp³-hybridized carbons (Fsp3) is 0.583. The van der Waals surface area contributed by atoms with E-state index in [4.69, 9.17) is 16.3 Å². The van der Waals surface area contributed by atoms with Crippen LogP contribution in [0.3, 0.4) is 0 Å². The summed E-state index contributed by atoms with van der Waals surface area (Å²) in [4.78, 5) is 12.7. The monoisotopic (exact) mass is 275 g/mol. The molecule has 1 aromatic heterocycles. The molecule has 0 saturated heterocycles. The van der Waals surface area contributed by atoms with Crippen molar-refractivity contribution < 1.29 is 9.53 Å². The van der Waals surface area contributed by atoms with Crippen LogP contribution in [0, 0.1) is 5.92 Å². The summed E-state index contributed by atoms with van der Waals surface area (Å²) >= 11 is 7.37. The molecule has 1 N–H and O–H groups in total. The van der Waals surface area contributed by atoms with E-state index in [1.807, 2.05) is 12.1 Å². The van der Waals surface area contributed by atoms with Crippen LogP contribution < -0.4 is 5.32 Å². The summed E-state index contributed by atoms with van der Waals surface area (Å²) < 4.78 is 5.55. The Kier molecular flexibility index (Phi) is 5.95. The number of nitrogens with one attached hydrogen (secondary N) is 1. The number of halogens is 1. The van der Waals surface area contributed by atoms with Crippen molar-refractivity contribution in [3.05, 3.63) is 21.3 Å². The van der Waals surface area contributed by atoms with Crippen molar-refractivity contribution in [3.63, 3.8) is 0 Å². The van der Waals surface area contributed by atoms with Gasteiger partial charge in [0.25, 0.3) is 0 Å². The molecule has 1 atom stereocenters. The quantitative estimate of drug-likeness (QED) is 0.811. The van der Waals surface area contributed by atoms with Crippen molar-refractivity contribution in [1.82, 2.24) is 5.32 Å². The van der Waals surface area contributed by atoms with Crippen molar-refractivity contribution in [2.45, 2.75) is 32.9 Å². The summed E-state index contributed by atoms with van der Waals surface area (Å²) in [6.07, 6.45) is 0.770. The van der Waals surface area contributed by atoms with Gasteiger partial charge in [-0.2, -0.15) is 0 Å². The normalized spacial score (nSPS) is 12.8. The summed E-state index contributed by atoms with van der Waals surface area (Å²) in [6.45, 7) is 4.81. The van der Waals surface area contributed by atoms with E-state index in [-0.39, 0.29) is 12.0 Å². The topological polar surface area (TPSA) is 38.3 Å². The van der Waals surface area contributed by atoms with E-state index in [0.717, 1.165) is 15.6 Å². The van der Waals surface area contributed by atoms with Gasteiger partial charge in [-0.1, -0.05) is 25.4 Å². The van der Waals surface area contributed by atoms with Gasteiger partial charge in [0.1, 0.15) is 6.04 Å². The third-order valence-corrected chi connectivity index (χ3v) is 3.58. The fourth-order valence-corrected chi connectivity index (χ4v) is 2.59. The molecule has 1 aromatic rings. The van der Waals surface area contributed by atoms with E-state index in [1.54, 1.807) is 0 Å². The van der Waals surface area contributed by atoms with Gasteiger partial charge in [-0.15, -0.1) is 11.3 Å². The number of ether oxygens (including phenoxy) is 1. The fourth-order valence-electron chi connectivity index (χ4n) is 1.55. The van der Waals surface area contributed by atoms with E-state index in [0.29, 0.717) is 12.5 Å². The predicted octanol–water partition coefficient (Wildman–Crippen LogP) is 3.08. The number of hydrogen-bond acceptors (Lipinski definition) is 4. The maximum atomic E-state index is 11.6. The Bertz CT molecular complexity index is 365. The summed E-state index contributed by atoms with van der Waals surface area (Å²) in [5.41, 5.74) is 0. The van der Waals surface area contributed by atoms with Crippen molar-refractivity contribution in [1.29, 1.82) is 0 Å². The molecule has 1 rings (SSSR count). The Balaban J connectivity index is 2.51. The van der Waals surface area contributed by atoms with E-state index in [2.05, 4.69) is 19.2 Å². The minimum absolute atomic E-state index is 0.207. The molecule has 0 aliphatic rings. The molecule has 1 heterocycles. The molecule has 0 radical (unpaired) electrons. The van der Waals surface area contributed by atoms with Crippen LogP contribution in [0.15, 0.2) is 12.1 Å². The molecular weight excluding hydrogens is 258 g/mol. The van der Waals surface area contributed by atoms with Gasteiger partial charge in [0.15, 0.2) is 0 Å². The lowest BCUT2D eigenvalue weighted by molar-refractivity contribution is -0.143. The zero-order valence-corrected chi connectivity index (χ0v) is 11.9. The number of thiophene rings is 1. The summed E-state index contributed by atoms with van der Waals surface area (Å²) in [5, 5.41) is 3.21. The SMILES string of the molecule is COC(=O)C(CC(C)C)NCc1ccc(Cl)s1. The number of methoxy groups -OCH3 is 1. The molecule has 0 saturated carbocycles. The molecule has 17 heavy (non-hydrogen) atoms. The van der Waals surface area contributed by atoms with Gasteiger partial charge in [-0.05, 0) is 24.5 Å². The maximum Gasteiger partial charge on any atom is 0.322 e. The van der Waals surface area contributed by atoms with Gasteiger partial charge in [0.2, 0.25) is 0 Å². The molecule has 96 valence electrons. The number of carbonyl (C=O) groups is 1. The Morgan fingerprint density at radius 2 is 2.24 bits per heavy atom. The predicted molar refractivity (Wildman–Crippen MR) is 71.4 cm³/mol. The molecule has 0 aliphatic heterocycles. The average Bonchev–Trinajstić information content (AvgIpc) is 2.68. The van der Waals surface area contributed by atoms with Crippen LogP contribution in [0.2, 0.25) is 4.34 Å². The van der Waals surface area contributed by atoms with Gasteiger partial charge in [0, 0.05) is 11.4 Å². The highest BCUT2D eigenvalue weighted by molar-refractivity contribution is 7.16. The van der Waals surface area contributed by atoms with Gasteiger partial charge < -0.3 is 4.74 Å². The minimum atomic E-state index is -0.249. The molecule has 3 nitrogen and oxygen atoms in total. The molecule has 0 spiro atoms. The van der Waals surface area contributed by atoms with Gasteiger partial charge in [0.05, 0.1) is 11.4 Å². The largest absolute Gasteiger partial charge is 0.468 e. The molecule has 0 aliphatic carbocycles. The highest BCUT2D eigenvalue weighted by atomic mass is 35.5. The Labute approximate surface area is 111 Å². The smallest absolute Gasteiger partial charge is 0.322 e. The summed E-state index contributed by atoms with van der Waals surface area (Å²) in [5.74, 6) is 0.236. The lowest BCUT2D eigenvalue weighted by atomic mass is 10.0. The zero-order valence-electron chi connectivity index (χ0n) is 10.3. The van der Waals surface area contributed by atoms with E-state index in [1.165, 1.54) is 18.4 Å². The third kappa shape index (κ3) is 5.06.